The van der Waals surface area contributed by atoms with Crippen molar-refractivity contribution in [1.29, 1.82) is 0 Å². The second kappa shape index (κ2) is 10.5. The molecule has 0 saturated heterocycles. The van der Waals surface area contributed by atoms with Crippen molar-refractivity contribution >= 4 is 58.3 Å². The van der Waals surface area contributed by atoms with Gasteiger partial charge in [0.1, 0.15) is 0 Å². The molecule has 5 rings (SSSR count). The summed E-state index contributed by atoms with van der Waals surface area (Å²) in [5.41, 5.74) is 9.96. The van der Waals surface area contributed by atoms with Gasteiger partial charge in [0.05, 0.1) is 0 Å². The van der Waals surface area contributed by atoms with Gasteiger partial charge in [-0.25, -0.2) is 0 Å². The van der Waals surface area contributed by atoms with Crippen LogP contribution in [0.2, 0.25) is 0 Å². The average Bonchev–Trinajstić information content (AvgIpc) is 2.85. The van der Waals surface area contributed by atoms with Crippen LogP contribution in [0.5, 0.6) is 0 Å². The van der Waals surface area contributed by atoms with Crippen LogP contribution in [0.4, 0.5) is 0 Å². The van der Waals surface area contributed by atoms with Gasteiger partial charge in [-0.3, -0.25) is 0 Å². The maximum absolute atomic E-state index is 2.27. The minimum atomic E-state index is 0. The molecule has 0 aliphatic carbocycles. The maximum atomic E-state index is 2.27. The summed E-state index contributed by atoms with van der Waals surface area (Å²) in [7, 11) is 0. The van der Waals surface area contributed by atoms with Crippen LogP contribution in [-0.4, -0.2) is 58.3 Å². The summed E-state index contributed by atoms with van der Waals surface area (Å²) in [6.07, 6.45) is 0. The van der Waals surface area contributed by atoms with E-state index in [4.69, 9.17) is 0 Å². The molecule has 0 N–H and O–H groups in total. The van der Waals surface area contributed by atoms with Crippen LogP contribution in [0.25, 0.3) is 44.4 Å². The number of rotatable bonds is 4. The topological polar surface area (TPSA) is 0 Å². The van der Waals surface area contributed by atoms with Crippen molar-refractivity contribution in [3.63, 3.8) is 0 Å². The molecule has 1 aromatic heterocycles. The predicted molar refractivity (Wildman–Crippen MR) is 137 cm³/mol. The molecule has 4 aromatic carbocycles. The molecule has 0 nitrogen and oxygen atoms in total. The molecule has 2 heteroatoms. The Labute approximate surface area is 227 Å². The van der Waals surface area contributed by atoms with Crippen LogP contribution >= 0.6 is 0 Å². The summed E-state index contributed by atoms with van der Waals surface area (Å²) >= 11 is 0. The minimum absolute atomic E-state index is 0. The standard InChI is InChI=1S/C29H21B.K.H/c1-5-13-22(14-6-1)26-21-30-29(25-19-11-4-12-20-25)28(24-17-9-3-10-18-24)27(26)23-15-7-2-8-16-23;;/h1-21H;;. The Bertz CT molecular complexity index is 1150. The number of hydrogen-bond donors (Lipinski definition) is 0. The van der Waals surface area contributed by atoms with Gasteiger partial charge >= 0.3 is 230 Å². The van der Waals surface area contributed by atoms with E-state index >= 15 is 0 Å². The molecule has 0 fully saturated rings. The molecule has 142 valence electrons. The van der Waals surface area contributed by atoms with Gasteiger partial charge in [-0.05, 0) is 0 Å². The van der Waals surface area contributed by atoms with Crippen molar-refractivity contribution in [3.05, 3.63) is 127 Å². The zero-order valence-electron chi connectivity index (χ0n) is 16.7. The fraction of sp³-hybridized carbons (Fsp3) is 0. The van der Waals surface area contributed by atoms with Crippen molar-refractivity contribution in [1.82, 2.24) is 0 Å². The molecule has 5 aromatic rings. The first-order chi connectivity index (χ1) is 14.9. The van der Waals surface area contributed by atoms with Crippen LogP contribution < -0.4 is 0 Å². The zero-order chi connectivity index (χ0) is 20.2. The average molecular weight is 420 g/mol. The third kappa shape index (κ3) is 4.74. The van der Waals surface area contributed by atoms with E-state index in [1.54, 1.807) is 0 Å². The zero-order valence-corrected chi connectivity index (χ0v) is 16.7. The van der Waals surface area contributed by atoms with Gasteiger partial charge in [-0.2, -0.15) is 0 Å². The Hall–Kier alpha value is -2.07. The second-order valence-electron chi connectivity index (χ2n) is 7.37. The van der Waals surface area contributed by atoms with E-state index in [9.17, 15) is 0 Å². The molecular formula is C29H22BK. The molecule has 0 aliphatic rings. The molecule has 0 aliphatic heterocycles. The molecule has 0 amide bonds. The normalized spacial score (nSPS) is 10.2. The molecular weight excluding hydrogens is 398 g/mol. The van der Waals surface area contributed by atoms with E-state index in [2.05, 4.69) is 134 Å². The number of hydrogen-bond acceptors (Lipinski definition) is 0. The van der Waals surface area contributed by atoms with E-state index in [0.717, 1.165) is 0 Å². The Balaban J connectivity index is 0.00000231. The van der Waals surface area contributed by atoms with E-state index in [0.29, 0.717) is 0 Å². The van der Waals surface area contributed by atoms with Gasteiger partial charge in [-0.1, -0.05) is 0 Å². The fourth-order valence-corrected chi connectivity index (χ4v) is 4.13. The van der Waals surface area contributed by atoms with Crippen molar-refractivity contribution in [2.45, 2.75) is 0 Å². The van der Waals surface area contributed by atoms with E-state index in [1.165, 1.54) is 44.4 Å². The molecule has 0 bridgehead atoms. The van der Waals surface area contributed by atoms with Gasteiger partial charge in [-0.15, -0.1) is 0 Å². The molecule has 0 unspecified atom stereocenters. The summed E-state index contributed by atoms with van der Waals surface area (Å²) in [5.74, 6) is 2.27. The Morgan fingerprint density at radius 3 is 1.26 bits per heavy atom. The first-order valence-electron chi connectivity index (χ1n) is 10.3. The molecule has 1 heterocycles. The second-order valence-corrected chi connectivity index (χ2v) is 7.37. The van der Waals surface area contributed by atoms with Gasteiger partial charge in [0, 0.05) is 0 Å². The monoisotopic (exact) mass is 420 g/mol. The molecule has 0 saturated carbocycles. The van der Waals surface area contributed by atoms with Crippen molar-refractivity contribution in [2.24, 2.45) is 0 Å². The summed E-state index contributed by atoms with van der Waals surface area (Å²) in [4.78, 5) is 0. The predicted octanol–water partition coefficient (Wildman–Crippen LogP) is 7.04. The SMILES string of the molecule is [KH].b1cc(-c2ccccc2)c(-c2ccccc2)c(-c2ccccc2)c1-c1ccccc1. The fourth-order valence-electron chi connectivity index (χ4n) is 4.13. The summed E-state index contributed by atoms with van der Waals surface area (Å²) in [5, 5.41) is 0. The Morgan fingerprint density at radius 2 is 0.774 bits per heavy atom. The number of benzene rings is 4. The van der Waals surface area contributed by atoms with Crippen molar-refractivity contribution in [2.75, 3.05) is 0 Å². The summed E-state index contributed by atoms with van der Waals surface area (Å²) < 4.78 is 0. The summed E-state index contributed by atoms with van der Waals surface area (Å²) in [6.45, 7) is 2.27. The van der Waals surface area contributed by atoms with E-state index < -0.39 is 0 Å². The van der Waals surface area contributed by atoms with E-state index in [-0.39, 0.29) is 51.4 Å². The van der Waals surface area contributed by atoms with Crippen LogP contribution in [-0.2, 0) is 0 Å². The molecule has 0 spiro atoms. The van der Waals surface area contributed by atoms with E-state index in [1.807, 2.05) is 0 Å². The van der Waals surface area contributed by atoms with Gasteiger partial charge < -0.3 is 0 Å². The third-order valence-corrected chi connectivity index (χ3v) is 5.50. The third-order valence-electron chi connectivity index (χ3n) is 5.50. The van der Waals surface area contributed by atoms with Gasteiger partial charge in [0.2, 0.25) is 0 Å². The molecule has 0 radical (unpaired) electrons. The van der Waals surface area contributed by atoms with Crippen LogP contribution in [0.3, 0.4) is 0 Å². The van der Waals surface area contributed by atoms with Gasteiger partial charge in [0.15, 0.2) is 0 Å². The van der Waals surface area contributed by atoms with Gasteiger partial charge in [0.25, 0.3) is 0 Å². The van der Waals surface area contributed by atoms with Crippen molar-refractivity contribution < 1.29 is 0 Å². The van der Waals surface area contributed by atoms with Crippen LogP contribution in [0, 0.1) is 0 Å². The molecule has 0 atom stereocenters. The first-order valence-corrected chi connectivity index (χ1v) is 10.3. The Kier molecular flexibility index (Phi) is 7.50. The molecule has 31 heavy (non-hydrogen) atoms. The summed E-state index contributed by atoms with van der Waals surface area (Å²) in [6, 6.07) is 42.8. The Morgan fingerprint density at radius 1 is 0.387 bits per heavy atom. The first kappa shape index (κ1) is 22.1. The van der Waals surface area contributed by atoms with Crippen molar-refractivity contribution in [3.8, 4) is 44.4 Å². The van der Waals surface area contributed by atoms with Crippen LogP contribution in [0.15, 0.2) is 127 Å². The van der Waals surface area contributed by atoms with Crippen LogP contribution in [0.1, 0.15) is 0 Å². The quantitative estimate of drug-likeness (QED) is 0.274.